The summed E-state index contributed by atoms with van der Waals surface area (Å²) in [5.74, 6) is 1.19. The van der Waals surface area contributed by atoms with Gasteiger partial charge in [-0.2, -0.15) is 0 Å². The van der Waals surface area contributed by atoms with E-state index >= 15 is 0 Å². The van der Waals surface area contributed by atoms with Crippen molar-refractivity contribution in [3.63, 3.8) is 0 Å². The van der Waals surface area contributed by atoms with Gasteiger partial charge in [0.25, 0.3) is 0 Å². The SMILES string of the molecule is C=CCN(CC=C)Cc1cccc(N(CCCl)CCCl)c1. The van der Waals surface area contributed by atoms with Gasteiger partial charge in [0, 0.05) is 50.2 Å². The number of benzene rings is 1. The summed E-state index contributed by atoms with van der Waals surface area (Å²) in [6.07, 6.45) is 3.83. The van der Waals surface area contributed by atoms with Crippen molar-refractivity contribution in [1.82, 2.24) is 4.90 Å². The van der Waals surface area contributed by atoms with E-state index in [-0.39, 0.29) is 0 Å². The van der Waals surface area contributed by atoms with Crippen molar-refractivity contribution in [3.8, 4) is 0 Å². The van der Waals surface area contributed by atoms with Crippen molar-refractivity contribution in [2.24, 2.45) is 0 Å². The highest BCUT2D eigenvalue weighted by Crippen LogP contribution is 2.18. The lowest BCUT2D eigenvalue weighted by Crippen LogP contribution is -2.28. The van der Waals surface area contributed by atoms with Crippen molar-refractivity contribution >= 4 is 28.9 Å². The zero-order chi connectivity index (χ0) is 15.5. The molecule has 21 heavy (non-hydrogen) atoms. The number of hydrogen-bond acceptors (Lipinski definition) is 2. The molecule has 0 amide bonds. The molecule has 0 aliphatic carbocycles. The summed E-state index contributed by atoms with van der Waals surface area (Å²) < 4.78 is 0. The minimum absolute atomic E-state index is 0.597. The Morgan fingerprint density at radius 2 is 1.62 bits per heavy atom. The molecule has 0 aromatic heterocycles. The molecule has 0 aliphatic heterocycles. The molecule has 0 saturated carbocycles. The number of hydrogen-bond donors (Lipinski definition) is 0. The van der Waals surface area contributed by atoms with Crippen molar-refractivity contribution < 1.29 is 0 Å². The molecule has 1 aromatic carbocycles. The molecule has 0 bridgehead atoms. The molecule has 1 rings (SSSR count). The number of anilines is 1. The van der Waals surface area contributed by atoms with E-state index < -0.39 is 0 Å². The summed E-state index contributed by atoms with van der Waals surface area (Å²) in [6, 6.07) is 8.54. The maximum absolute atomic E-state index is 5.87. The molecule has 1 aromatic rings. The average molecular weight is 327 g/mol. The topological polar surface area (TPSA) is 6.48 Å². The second-order valence-corrected chi connectivity index (χ2v) is 5.56. The third-order valence-corrected chi connectivity index (χ3v) is 3.50. The van der Waals surface area contributed by atoms with Crippen molar-refractivity contribution in [1.29, 1.82) is 0 Å². The Kier molecular flexibility index (Phi) is 9.24. The van der Waals surface area contributed by atoms with E-state index in [9.17, 15) is 0 Å². The van der Waals surface area contributed by atoms with Gasteiger partial charge in [0.05, 0.1) is 0 Å². The fourth-order valence-corrected chi connectivity index (χ4v) is 2.66. The van der Waals surface area contributed by atoms with Crippen LogP contribution in [-0.4, -0.2) is 42.8 Å². The standard InChI is InChI=1S/C17H24Cl2N2/c1-3-10-20(11-4-2)15-16-6-5-7-17(14-16)21(12-8-18)13-9-19/h3-7,14H,1-2,8-13,15H2. The van der Waals surface area contributed by atoms with Gasteiger partial charge < -0.3 is 4.90 Å². The average Bonchev–Trinajstić information content (AvgIpc) is 2.48. The van der Waals surface area contributed by atoms with Crippen LogP contribution in [0.25, 0.3) is 0 Å². The quantitative estimate of drug-likeness (QED) is 0.445. The van der Waals surface area contributed by atoms with Crippen molar-refractivity contribution in [2.75, 3.05) is 42.8 Å². The molecule has 4 heteroatoms. The molecule has 0 heterocycles. The second-order valence-electron chi connectivity index (χ2n) is 4.81. The lowest BCUT2D eigenvalue weighted by atomic mass is 10.1. The lowest BCUT2D eigenvalue weighted by Gasteiger charge is -2.24. The van der Waals surface area contributed by atoms with E-state index in [0.29, 0.717) is 11.8 Å². The summed E-state index contributed by atoms with van der Waals surface area (Å²) in [5.41, 5.74) is 2.44. The Morgan fingerprint density at radius 3 is 2.14 bits per heavy atom. The van der Waals surface area contributed by atoms with Gasteiger partial charge in [-0.3, -0.25) is 4.90 Å². The highest BCUT2D eigenvalue weighted by atomic mass is 35.5. The Labute approximate surface area is 138 Å². The van der Waals surface area contributed by atoms with E-state index in [4.69, 9.17) is 23.2 Å². The monoisotopic (exact) mass is 326 g/mol. The molecule has 0 atom stereocenters. The van der Waals surface area contributed by atoms with Crippen molar-refractivity contribution in [2.45, 2.75) is 6.54 Å². The first-order valence-corrected chi connectivity index (χ1v) is 8.22. The first kappa shape index (κ1) is 18.1. The van der Waals surface area contributed by atoms with Gasteiger partial charge in [-0.1, -0.05) is 24.3 Å². The fraction of sp³-hybridized carbons (Fsp3) is 0.412. The first-order valence-electron chi connectivity index (χ1n) is 7.15. The molecule has 0 aliphatic rings. The summed E-state index contributed by atoms with van der Waals surface area (Å²) in [5, 5.41) is 0. The second kappa shape index (κ2) is 10.7. The molecular weight excluding hydrogens is 303 g/mol. The van der Waals surface area contributed by atoms with Crippen LogP contribution in [0.5, 0.6) is 0 Å². The summed E-state index contributed by atoms with van der Waals surface area (Å²) in [7, 11) is 0. The highest BCUT2D eigenvalue weighted by Gasteiger charge is 2.08. The summed E-state index contributed by atoms with van der Waals surface area (Å²) in [6.45, 7) is 11.8. The Bertz CT molecular complexity index is 419. The molecule has 0 radical (unpaired) electrons. The predicted octanol–water partition coefficient (Wildman–Crippen LogP) is 4.14. The van der Waals surface area contributed by atoms with Gasteiger partial charge in [-0.15, -0.1) is 36.4 Å². The van der Waals surface area contributed by atoms with Crippen LogP contribution < -0.4 is 4.90 Å². The Morgan fingerprint density at radius 1 is 1.00 bits per heavy atom. The third kappa shape index (κ3) is 6.56. The molecule has 0 N–H and O–H groups in total. The molecule has 0 unspecified atom stereocenters. The lowest BCUT2D eigenvalue weighted by molar-refractivity contribution is 0.328. The van der Waals surface area contributed by atoms with Crippen LogP contribution in [0.15, 0.2) is 49.6 Å². The van der Waals surface area contributed by atoms with Crippen molar-refractivity contribution in [3.05, 3.63) is 55.1 Å². The first-order chi connectivity index (χ1) is 10.2. The van der Waals surface area contributed by atoms with Gasteiger partial charge >= 0.3 is 0 Å². The zero-order valence-corrected chi connectivity index (χ0v) is 14.0. The van der Waals surface area contributed by atoms with Gasteiger partial charge in [0.2, 0.25) is 0 Å². The zero-order valence-electron chi connectivity index (χ0n) is 12.5. The molecule has 116 valence electrons. The summed E-state index contributed by atoms with van der Waals surface area (Å²) in [4.78, 5) is 4.50. The molecule has 2 nitrogen and oxygen atoms in total. The minimum atomic E-state index is 0.597. The number of alkyl halides is 2. The summed E-state index contributed by atoms with van der Waals surface area (Å²) >= 11 is 11.7. The fourth-order valence-electron chi connectivity index (χ4n) is 2.25. The van der Waals surface area contributed by atoms with Crippen LogP contribution in [0.4, 0.5) is 5.69 Å². The maximum atomic E-state index is 5.87. The van der Waals surface area contributed by atoms with Gasteiger partial charge in [-0.05, 0) is 17.7 Å². The van der Waals surface area contributed by atoms with E-state index in [1.165, 1.54) is 11.3 Å². The number of nitrogens with zero attached hydrogens (tertiary/aromatic N) is 2. The molecule has 0 fully saturated rings. The Balaban J connectivity index is 2.81. The third-order valence-electron chi connectivity index (χ3n) is 3.17. The van der Waals surface area contributed by atoms with Crippen LogP contribution in [0, 0.1) is 0 Å². The van der Waals surface area contributed by atoms with Crippen LogP contribution in [0.3, 0.4) is 0 Å². The number of rotatable bonds is 11. The molecule has 0 saturated heterocycles. The largest absolute Gasteiger partial charge is 0.369 e. The normalized spacial score (nSPS) is 10.6. The van der Waals surface area contributed by atoms with Crippen LogP contribution in [0.1, 0.15) is 5.56 Å². The molecule has 0 spiro atoms. The van der Waals surface area contributed by atoms with E-state index in [1.54, 1.807) is 0 Å². The van der Waals surface area contributed by atoms with Gasteiger partial charge in [0.1, 0.15) is 0 Å². The Hall–Kier alpha value is -0.960. The van der Waals surface area contributed by atoms with Gasteiger partial charge in [0.15, 0.2) is 0 Å². The van der Waals surface area contributed by atoms with E-state index in [2.05, 4.69) is 47.2 Å². The van der Waals surface area contributed by atoms with E-state index in [0.717, 1.165) is 32.7 Å². The predicted molar refractivity (Wildman–Crippen MR) is 95.8 cm³/mol. The smallest absolute Gasteiger partial charge is 0.0399 e. The highest BCUT2D eigenvalue weighted by molar-refractivity contribution is 6.18. The maximum Gasteiger partial charge on any atom is 0.0399 e. The number of halogens is 2. The minimum Gasteiger partial charge on any atom is -0.369 e. The van der Waals surface area contributed by atoms with Crippen LogP contribution in [0.2, 0.25) is 0 Å². The van der Waals surface area contributed by atoms with E-state index in [1.807, 2.05) is 12.2 Å². The molecular formula is C17H24Cl2N2. The van der Waals surface area contributed by atoms with Gasteiger partial charge in [-0.25, -0.2) is 0 Å². The van der Waals surface area contributed by atoms with Crippen LogP contribution >= 0.6 is 23.2 Å². The van der Waals surface area contributed by atoms with Crippen LogP contribution in [-0.2, 0) is 6.54 Å².